The van der Waals surface area contributed by atoms with Gasteiger partial charge in [-0.1, -0.05) is 6.92 Å². The second kappa shape index (κ2) is 4.15. The Bertz CT molecular complexity index is 873. The first-order chi connectivity index (χ1) is 9.70. The van der Waals surface area contributed by atoms with Crippen LogP contribution >= 0.6 is 11.3 Å². The Balaban J connectivity index is 2.19. The molecule has 3 aromatic rings. The Hall–Kier alpha value is -1.69. The Labute approximate surface area is 119 Å². The van der Waals surface area contributed by atoms with Crippen LogP contribution in [0.5, 0.6) is 0 Å². The van der Waals surface area contributed by atoms with E-state index in [1.807, 2.05) is 11.3 Å². The minimum Gasteiger partial charge on any atom is -0.277 e. The summed E-state index contributed by atoms with van der Waals surface area (Å²) in [5.74, 6) is 1.36. The highest BCUT2D eigenvalue weighted by atomic mass is 32.1. The molecule has 1 unspecified atom stereocenters. The van der Waals surface area contributed by atoms with Crippen LogP contribution in [0.1, 0.15) is 30.7 Å². The van der Waals surface area contributed by atoms with Crippen LogP contribution in [0.25, 0.3) is 16.0 Å². The van der Waals surface area contributed by atoms with Crippen molar-refractivity contribution in [2.75, 3.05) is 0 Å². The molecule has 0 aliphatic heterocycles. The third-order valence-electron chi connectivity index (χ3n) is 4.26. The van der Waals surface area contributed by atoms with E-state index in [2.05, 4.69) is 17.1 Å². The van der Waals surface area contributed by atoms with Crippen molar-refractivity contribution in [3.63, 3.8) is 0 Å². The number of nitrogens with zero attached hydrogens (tertiary/aromatic N) is 4. The Morgan fingerprint density at radius 3 is 3.15 bits per heavy atom. The largest absolute Gasteiger partial charge is 0.277 e. The maximum absolute atomic E-state index is 12.8. The second-order valence-corrected chi connectivity index (χ2v) is 6.67. The van der Waals surface area contributed by atoms with Crippen molar-refractivity contribution in [3.8, 4) is 0 Å². The van der Waals surface area contributed by atoms with Gasteiger partial charge in [-0.05, 0) is 37.7 Å². The summed E-state index contributed by atoms with van der Waals surface area (Å²) in [6.07, 6.45) is 4.99. The van der Waals surface area contributed by atoms with Crippen molar-refractivity contribution in [1.82, 2.24) is 19.2 Å². The van der Waals surface area contributed by atoms with Gasteiger partial charge >= 0.3 is 0 Å². The molecule has 1 atom stereocenters. The molecule has 4 rings (SSSR count). The average Bonchev–Trinajstić information content (AvgIpc) is 3.02. The van der Waals surface area contributed by atoms with Crippen molar-refractivity contribution in [1.29, 1.82) is 0 Å². The molecule has 5 nitrogen and oxygen atoms in total. The summed E-state index contributed by atoms with van der Waals surface area (Å²) in [5, 5.41) is 8.98. The van der Waals surface area contributed by atoms with Crippen molar-refractivity contribution in [2.24, 2.45) is 5.92 Å². The minimum atomic E-state index is 0.0926. The van der Waals surface area contributed by atoms with Crippen LogP contribution in [0.3, 0.4) is 0 Å². The summed E-state index contributed by atoms with van der Waals surface area (Å²) in [6.45, 7) is 4.88. The van der Waals surface area contributed by atoms with Gasteiger partial charge in [0.05, 0.1) is 5.39 Å². The van der Waals surface area contributed by atoms with E-state index in [0.29, 0.717) is 18.2 Å². The van der Waals surface area contributed by atoms with Gasteiger partial charge < -0.3 is 0 Å². The van der Waals surface area contributed by atoms with Gasteiger partial charge in [-0.25, -0.2) is 0 Å². The first-order valence-corrected chi connectivity index (χ1v) is 7.89. The summed E-state index contributed by atoms with van der Waals surface area (Å²) in [5.41, 5.74) is 1.36. The first kappa shape index (κ1) is 12.1. The molecule has 6 heteroatoms. The second-order valence-electron chi connectivity index (χ2n) is 5.58. The van der Waals surface area contributed by atoms with Crippen molar-refractivity contribution in [3.05, 3.63) is 27.1 Å². The lowest BCUT2D eigenvalue weighted by Crippen LogP contribution is -2.23. The van der Waals surface area contributed by atoms with Gasteiger partial charge in [0.15, 0.2) is 0 Å². The van der Waals surface area contributed by atoms with Crippen LogP contribution in [0.4, 0.5) is 0 Å². The molecule has 104 valence electrons. The predicted octanol–water partition coefficient (Wildman–Crippen LogP) is 2.25. The molecule has 0 amide bonds. The van der Waals surface area contributed by atoms with E-state index in [1.54, 1.807) is 22.2 Å². The summed E-state index contributed by atoms with van der Waals surface area (Å²) in [7, 11) is 0. The van der Waals surface area contributed by atoms with E-state index < -0.39 is 0 Å². The minimum absolute atomic E-state index is 0.0926. The molecule has 1 aliphatic rings. The molecule has 0 bridgehead atoms. The molecule has 0 radical (unpaired) electrons. The number of hydrogen-bond donors (Lipinski definition) is 0. The Kier molecular flexibility index (Phi) is 2.51. The van der Waals surface area contributed by atoms with E-state index in [-0.39, 0.29) is 5.56 Å². The highest BCUT2D eigenvalue weighted by Gasteiger charge is 2.24. The molecule has 3 heterocycles. The van der Waals surface area contributed by atoms with Gasteiger partial charge in [-0.3, -0.25) is 13.8 Å². The number of hydrogen-bond acceptors (Lipinski definition) is 4. The Morgan fingerprint density at radius 1 is 1.50 bits per heavy atom. The van der Waals surface area contributed by atoms with Crippen molar-refractivity contribution in [2.45, 2.75) is 39.7 Å². The lowest BCUT2D eigenvalue weighted by molar-refractivity contribution is 0.509. The van der Waals surface area contributed by atoms with Crippen LogP contribution in [0.15, 0.2) is 11.1 Å². The lowest BCUT2D eigenvalue weighted by atomic mass is 9.89. The first-order valence-electron chi connectivity index (χ1n) is 7.07. The smallest absolute Gasteiger partial charge is 0.263 e. The number of rotatable bonds is 1. The molecule has 0 N–H and O–H groups in total. The molecule has 0 spiro atoms. The average molecular weight is 288 g/mol. The fourth-order valence-electron chi connectivity index (χ4n) is 3.19. The molecule has 1 aliphatic carbocycles. The topological polar surface area (TPSA) is 52.2 Å². The summed E-state index contributed by atoms with van der Waals surface area (Å²) in [6, 6.07) is 0. The fraction of sp³-hybridized carbons (Fsp3) is 0.500. The molecule has 3 aromatic heterocycles. The quantitative estimate of drug-likeness (QED) is 0.690. The fourth-order valence-corrected chi connectivity index (χ4v) is 4.66. The molecule has 0 saturated heterocycles. The zero-order valence-electron chi connectivity index (χ0n) is 11.6. The van der Waals surface area contributed by atoms with Crippen LogP contribution < -0.4 is 5.56 Å². The van der Waals surface area contributed by atoms with Gasteiger partial charge in [0.25, 0.3) is 5.56 Å². The van der Waals surface area contributed by atoms with E-state index in [4.69, 9.17) is 0 Å². The molecular weight excluding hydrogens is 272 g/mol. The number of fused-ring (bicyclic) bond motifs is 5. The third-order valence-corrected chi connectivity index (χ3v) is 5.51. The maximum atomic E-state index is 12.8. The highest BCUT2D eigenvalue weighted by Crippen LogP contribution is 2.36. The van der Waals surface area contributed by atoms with Crippen LogP contribution in [-0.4, -0.2) is 19.2 Å². The van der Waals surface area contributed by atoms with Crippen LogP contribution in [-0.2, 0) is 19.4 Å². The summed E-state index contributed by atoms with van der Waals surface area (Å²) < 4.78 is 3.69. The zero-order valence-corrected chi connectivity index (χ0v) is 12.4. The number of aromatic nitrogens is 4. The number of aryl methyl sites for hydroxylation is 2. The number of thiophene rings is 1. The normalized spacial score (nSPS) is 18.8. The van der Waals surface area contributed by atoms with Gasteiger partial charge in [-0.2, -0.15) is 0 Å². The van der Waals surface area contributed by atoms with E-state index >= 15 is 0 Å². The predicted molar refractivity (Wildman–Crippen MR) is 79.5 cm³/mol. The zero-order chi connectivity index (χ0) is 13.9. The molecule has 0 saturated carbocycles. The molecule has 0 fully saturated rings. The Morgan fingerprint density at radius 2 is 2.35 bits per heavy atom. The maximum Gasteiger partial charge on any atom is 0.263 e. The van der Waals surface area contributed by atoms with E-state index in [9.17, 15) is 4.79 Å². The lowest BCUT2D eigenvalue weighted by Gasteiger charge is -2.17. The third kappa shape index (κ3) is 1.45. The molecule has 0 aromatic carbocycles. The van der Waals surface area contributed by atoms with Gasteiger partial charge in [0, 0.05) is 11.4 Å². The van der Waals surface area contributed by atoms with Crippen LogP contribution in [0, 0.1) is 5.92 Å². The van der Waals surface area contributed by atoms with Gasteiger partial charge in [0.2, 0.25) is 5.78 Å². The van der Waals surface area contributed by atoms with Gasteiger partial charge in [0.1, 0.15) is 11.2 Å². The van der Waals surface area contributed by atoms with Crippen LogP contribution in [0.2, 0.25) is 0 Å². The standard InChI is InChI=1S/C14H16N4OS/c1-3-17-12(19)11-9-5-4-8(2)6-10(9)20-13(11)18-7-15-16-14(17)18/h7-8H,3-6H2,1-2H3. The van der Waals surface area contributed by atoms with Crippen molar-refractivity contribution >= 4 is 27.3 Å². The monoisotopic (exact) mass is 288 g/mol. The summed E-state index contributed by atoms with van der Waals surface area (Å²) >= 11 is 1.74. The van der Waals surface area contributed by atoms with Gasteiger partial charge in [-0.15, -0.1) is 21.5 Å². The molecule has 20 heavy (non-hydrogen) atoms. The van der Waals surface area contributed by atoms with E-state index in [1.165, 1.54) is 16.9 Å². The van der Waals surface area contributed by atoms with E-state index in [0.717, 1.165) is 23.1 Å². The SMILES string of the molecule is CCn1c(=O)c2c3c(sc2n2cnnc12)CC(C)CC3. The van der Waals surface area contributed by atoms with Crippen molar-refractivity contribution < 1.29 is 0 Å². The summed E-state index contributed by atoms with van der Waals surface area (Å²) in [4.78, 5) is 15.2. The highest BCUT2D eigenvalue weighted by molar-refractivity contribution is 7.18. The molecular formula is C14H16N4OS.